The average Bonchev–Trinajstić information content (AvgIpc) is 3.22. The number of aliphatic imine (C=N–C) groups is 1. The van der Waals surface area contributed by atoms with E-state index in [1.165, 1.54) is 12.1 Å². The quantitative estimate of drug-likeness (QED) is 0.765. The predicted molar refractivity (Wildman–Crippen MR) is 118 cm³/mol. The van der Waals surface area contributed by atoms with Crippen molar-refractivity contribution in [2.45, 2.75) is 19.3 Å². The number of hydrogen-bond donors (Lipinski definition) is 0. The van der Waals surface area contributed by atoms with E-state index in [2.05, 4.69) is 4.90 Å². The molecule has 1 aliphatic carbocycles. The van der Waals surface area contributed by atoms with Crippen LogP contribution in [0.5, 0.6) is 0 Å². The third-order valence-electron chi connectivity index (χ3n) is 6.45. The zero-order valence-electron chi connectivity index (χ0n) is 17.3. The van der Waals surface area contributed by atoms with Gasteiger partial charge in [-0.3, -0.25) is 14.6 Å². The number of fused-ring (bicyclic) bond motifs is 2. The Kier molecular flexibility index (Phi) is 5.18. The normalized spacial score (nSPS) is 20.8. The molecule has 2 aromatic carbocycles. The molecule has 6 nitrogen and oxygen atoms in total. The zero-order valence-corrected chi connectivity index (χ0v) is 17.3. The topological polar surface area (TPSA) is 56.2 Å². The molecule has 0 N–H and O–H groups in total. The third-order valence-corrected chi connectivity index (χ3v) is 6.45. The van der Waals surface area contributed by atoms with Crippen molar-refractivity contribution in [1.29, 1.82) is 0 Å². The van der Waals surface area contributed by atoms with E-state index >= 15 is 0 Å². The van der Waals surface area contributed by atoms with Crippen LogP contribution >= 0.6 is 0 Å². The Morgan fingerprint density at radius 1 is 1.03 bits per heavy atom. The second-order valence-electron chi connectivity index (χ2n) is 8.31. The van der Waals surface area contributed by atoms with Gasteiger partial charge in [-0.1, -0.05) is 12.1 Å². The molecule has 5 rings (SSSR count). The zero-order chi connectivity index (χ0) is 21.4. The molecule has 2 aromatic rings. The van der Waals surface area contributed by atoms with Gasteiger partial charge in [0.15, 0.2) is 0 Å². The summed E-state index contributed by atoms with van der Waals surface area (Å²) in [6.07, 6.45) is 2.61. The van der Waals surface area contributed by atoms with Gasteiger partial charge in [0.05, 0.1) is 17.3 Å². The van der Waals surface area contributed by atoms with Crippen LogP contribution in [0.3, 0.4) is 0 Å². The first kappa shape index (κ1) is 19.7. The summed E-state index contributed by atoms with van der Waals surface area (Å²) >= 11 is 0. The van der Waals surface area contributed by atoms with Crippen LogP contribution in [0, 0.1) is 11.7 Å². The lowest BCUT2D eigenvalue weighted by Gasteiger charge is -2.37. The van der Waals surface area contributed by atoms with Crippen molar-refractivity contribution in [2.24, 2.45) is 10.9 Å². The first-order chi connectivity index (χ1) is 15.1. The van der Waals surface area contributed by atoms with Crippen LogP contribution in [0.25, 0.3) is 0 Å². The van der Waals surface area contributed by atoms with Crippen molar-refractivity contribution in [3.8, 4) is 0 Å². The van der Waals surface area contributed by atoms with Gasteiger partial charge in [0.1, 0.15) is 12.4 Å². The Labute approximate surface area is 181 Å². The molecule has 0 bridgehead atoms. The lowest BCUT2D eigenvalue weighted by molar-refractivity contribution is -0.132. The van der Waals surface area contributed by atoms with Crippen molar-refractivity contribution in [3.05, 3.63) is 54.3 Å². The van der Waals surface area contributed by atoms with Gasteiger partial charge in [-0.15, -0.1) is 0 Å². The number of nitrogens with zero attached hydrogens (tertiary/aromatic N) is 4. The summed E-state index contributed by atoms with van der Waals surface area (Å²) in [5.74, 6) is -0.535. The van der Waals surface area contributed by atoms with E-state index in [1.807, 2.05) is 29.2 Å². The number of piperazine rings is 1. The highest BCUT2D eigenvalue weighted by molar-refractivity contribution is 6.16. The fourth-order valence-corrected chi connectivity index (χ4v) is 4.74. The molecule has 2 heterocycles. The monoisotopic (exact) mass is 420 g/mol. The summed E-state index contributed by atoms with van der Waals surface area (Å²) in [5, 5.41) is 0. The fourth-order valence-electron chi connectivity index (χ4n) is 4.74. The Balaban J connectivity index is 1.29. The summed E-state index contributed by atoms with van der Waals surface area (Å²) in [6, 6.07) is 14.0. The maximum atomic E-state index is 13.3. The number of carbonyl (C=O) groups excluding carboxylic acids is 2. The van der Waals surface area contributed by atoms with Gasteiger partial charge in [-0.2, -0.15) is 0 Å². The maximum Gasteiger partial charge on any atom is 0.242 e. The van der Waals surface area contributed by atoms with Crippen LogP contribution in [-0.4, -0.2) is 55.1 Å². The van der Waals surface area contributed by atoms with Crippen LogP contribution in [0.4, 0.5) is 21.5 Å². The van der Waals surface area contributed by atoms with E-state index in [4.69, 9.17) is 4.99 Å². The molecule has 1 atom stereocenters. The minimum atomic E-state index is -0.255. The van der Waals surface area contributed by atoms with E-state index < -0.39 is 0 Å². The number of halogens is 1. The van der Waals surface area contributed by atoms with Crippen molar-refractivity contribution < 1.29 is 14.0 Å². The second kappa shape index (κ2) is 8.13. The standard InChI is InChI=1S/C24H25FN4O2/c25-17-8-10-18(11-9-17)27-12-14-28(15-13-27)23(30)16-29-22-7-2-1-5-21(22)26-20-6-3-4-19(20)24(29)31/h1-2,5,7-11,19H,3-4,6,12-16H2. The van der Waals surface area contributed by atoms with Gasteiger partial charge in [-0.25, -0.2) is 4.39 Å². The van der Waals surface area contributed by atoms with Crippen molar-refractivity contribution >= 4 is 34.6 Å². The maximum absolute atomic E-state index is 13.3. The van der Waals surface area contributed by atoms with Gasteiger partial charge >= 0.3 is 0 Å². The number of benzene rings is 2. The predicted octanol–water partition coefficient (Wildman–Crippen LogP) is 3.39. The number of amides is 2. The van der Waals surface area contributed by atoms with Gasteiger partial charge in [-0.05, 0) is 55.7 Å². The molecule has 160 valence electrons. The third kappa shape index (κ3) is 3.80. The van der Waals surface area contributed by atoms with Crippen LogP contribution in [-0.2, 0) is 9.59 Å². The summed E-state index contributed by atoms with van der Waals surface area (Å²) in [5.41, 5.74) is 3.38. The molecule has 3 aliphatic rings. The molecular weight excluding hydrogens is 395 g/mol. The number of hydrogen-bond acceptors (Lipinski definition) is 4. The average molecular weight is 420 g/mol. The highest BCUT2D eigenvalue weighted by Crippen LogP contribution is 2.37. The largest absolute Gasteiger partial charge is 0.368 e. The molecule has 1 saturated heterocycles. The molecule has 2 aliphatic heterocycles. The van der Waals surface area contributed by atoms with Crippen LogP contribution in [0.15, 0.2) is 53.5 Å². The Morgan fingerprint density at radius 3 is 2.55 bits per heavy atom. The molecule has 0 radical (unpaired) electrons. The highest BCUT2D eigenvalue weighted by atomic mass is 19.1. The lowest BCUT2D eigenvalue weighted by Crippen LogP contribution is -2.52. The van der Waals surface area contributed by atoms with Gasteiger partial charge in [0.25, 0.3) is 0 Å². The SMILES string of the molecule is O=C(CN1C(=O)C2CCCC2=Nc2ccccc21)N1CCN(c2ccc(F)cc2)CC1. The van der Waals surface area contributed by atoms with Crippen LogP contribution in [0.1, 0.15) is 19.3 Å². The molecule has 0 aromatic heterocycles. The number of para-hydroxylation sites is 2. The number of anilines is 2. The van der Waals surface area contributed by atoms with Crippen molar-refractivity contribution in [3.63, 3.8) is 0 Å². The minimum Gasteiger partial charge on any atom is -0.368 e. The molecule has 7 heteroatoms. The first-order valence-electron chi connectivity index (χ1n) is 10.9. The van der Waals surface area contributed by atoms with Gasteiger partial charge < -0.3 is 14.7 Å². The summed E-state index contributed by atoms with van der Waals surface area (Å²) in [7, 11) is 0. The van der Waals surface area contributed by atoms with Gasteiger partial charge in [0.2, 0.25) is 11.8 Å². The summed E-state index contributed by atoms with van der Waals surface area (Å²) in [4.78, 5) is 36.8. The summed E-state index contributed by atoms with van der Waals surface area (Å²) < 4.78 is 13.2. The number of rotatable bonds is 3. The van der Waals surface area contributed by atoms with Crippen LogP contribution < -0.4 is 9.80 Å². The summed E-state index contributed by atoms with van der Waals surface area (Å²) in [6.45, 7) is 2.54. The van der Waals surface area contributed by atoms with E-state index in [0.717, 1.165) is 36.3 Å². The van der Waals surface area contributed by atoms with Gasteiger partial charge in [0, 0.05) is 37.6 Å². The number of carbonyl (C=O) groups is 2. The van der Waals surface area contributed by atoms with Crippen molar-refractivity contribution in [1.82, 2.24) is 4.90 Å². The Morgan fingerprint density at radius 2 is 1.77 bits per heavy atom. The molecule has 31 heavy (non-hydrogen) atoms. The Hall–Kier alpha value is -3.22. The molecular formula is C24H25FN4O2. The second-order valence-corrected chi connectivity index (χ2v) is 8.31. The first-order valence-corrected chi connectivity index (χ1v) is 10.9. The minimum absolute atomic E-state index is 0.0144. The fraction of sp³-hybridized carbons (Fsp3) is 0.375. The van der Waals surface area contributed by atoms with E-state index in [-0.39, 0.29) is 30.1 Å². The molecule has 1 unspecified atom stereocenters. The highest BCUT2D eigenvalue weighted by Gasteiger charge is 2.37. The molecule has 2 amide bonds. The van der Waals surface area contributed by atoms with E-state index in [9.17, 15) is 14.0 Å². The smallest absolute Gasteiger partial charge is 0.242 e. The van der Waals surface area contributed by atoms with Crippen LogP contribution in [0.2, 0.25) is 0 Å². The van der Waals surface area contributed by atoms with Crippen molar-refractivity contribution in [2.75, 3.05) is 42.5 Å². The van der Waals surface area contributed by atoms with E-state index in [0.29, 0.717) is 31.9 Å². The molecule has 1 saturated carbocycles. The lowest BCUT2D eigenvalue weighted by atomic mass is 10.1. The molecule has 2 fully saturated rings. The Bertz CT molecular complexity index is 1030. The molecule has 0 spiro atoms. The van der Waals surface area contributed by atoms with E-state index in [1.54, 1.807) is 17.0 Å².